The number of carbonyl (C=O) groups excluding carboxylic acids is 1. The summed E-state index contributed by atoms with van der Waals surface area (Å²) in [5, 5.41) is 2.23. The van der Waals surface area contributed by atoms with Gasteiger partial charge in [-0.1, -0.05) is 12.6 Å². The van der Waals surface area contributed by atoms with Crippen molar-refractivity contribution in [3.8, 4) is 0 Å². The molecule has 100 valence electrons. The summed E-state index contributed by atoms with van der Waals surface area (Å²) in [6.07, 6.45) is 0. The molecule has 3 N–H and O–H groups in total. The van der Waals surface area contributed by atoms with Crippen LogP contribution < -0.4 is 11.1 Å². The zero-order valence-electron chi connectivity index (χ0n) is 9.44. The number of methoxy groups -OCH3 is 1. The van der Waals surface area contributed by atoms with Crippen molar-refractivity contribution in [2.75, 3.05) is 7.11 Å². The molecule has 0 saturated heterocycles. The molecule has 0 unspecified atom stereocenters. The number of halogens is 2. The van der Waals surface area contributed by atoms with E-state index in [2.05, 4.69) is 28.4 Å². The van der Waals surface area contributed by atoms with Crippen molar-refractivity contribution in [1.29, 1.82) is 0 Å². The highest BCUT2D eigenvalue weighted by Gasteiger charge is 2.01. The molecule has 0 saturated carbocycles. The van der Waals surface area contributed by atoms with Crippen LogP contribution in [-0.4, -0.2) is 17.5 Å². The Hall–Kier alpha value is -1.41. The van der Waals surface area contributed by atoms with Crippen LogP contribution in [0.2, 0.25) is 0 Å². The Morgan fingerprint density at radius 1 is 1.44 bits per heavy atom. The molecular formula is C10H12F2N2O2S2. The smallest absolute Gasteiger partial charge is 0.273 e. The monoisotopic (exact) mass is 294 g/mol. The van der Waals surface area contributed by atoms with Gasteiger partial charge in [0.2, 0.25) is 0 Å². The molecule has 1 aromatic carbocycles. The maximum atomic E-state index is 12.7. The predicted octanol–water partition coefficient (Wildman–Crippen LogP) is 1.98. The molecule has 0 aliphatic heterocycles. The van der Waals surface area contributed by atoms with Gasteiger partial charge in [0.25, 0.3) is 10.4 Å². The number of benzene rings is 1. The van der Waals surface area contributed by atoms with Gasteiger partial charge < -0.3 is 15.8 Å². The van der Waals surface area contributed by atoms with Gasteiger partial charge in [-0.3, -0.25) is 4.79 Å². The van der Waals surface area contributed by atoms with Crippen LogP contribution in [0.25, 0.3) is 0 Å². The average molecular weight is 294 g/mol. The van der Waals surface area contributed by atoms with E-state index in [0.717, 1.165) is 6.07 Å². The number of rotatable bonds is 2. The van der Waals surface area contributed by atoms with E-state index in [-0.39, 0.29) is 11.7 Å². The number of thiol groups is 1. The molecule has 0 spiro atoms. The minimum absolute atomic E-state index is 0.190. The molecule has 1 aromatic rings. The Labute approximate surface area is 114 Å². The van der Waals surface area contributed by atoms with Gasteiger partial charge in [-0.25, -0.2) is 8.78 Å². The first-order chi connectivity index (χ1) is 8.35. The predicted molar refractivity (Wildman–Crippen MR) is 71.4 cm³/mol. The van der Waals surface area contributed by atoms with Crippen molar-refractivity contribution < 1.29 is 18.3 Å². The molecule has 0 bridgehead atoms. The molecule has 0 aliphatic carbocycles. The van der Waals surface area contributed by atoms with Gasteiger partial charge in [0, 0.05) is 12.6 Å². The van der Waals surface area contributed by atoms with E-state index in [9.17, 15) is 8.78 Å². The fourth-order valence-electron chi connectivity index (χ4n) is 0.959. The van der Waals surface area contributed by atoms with E-state index in [1.807, 2.05) is 0 Å². The summed E-state index contributed by atoms with van der Waals surface area (Å²) in [5.41, 5.74) is 4.81. The van der Waals surface area contributed by atoms with E-state index >= 15 is 0 Å². The minimum Gasteiger partial charge on any atom is -0.474 e. The summed E-state index contributed by atoms with van der Waals surface area (Å²) in [6.45, 7) is 0.237. The molecule has 0 radical (unpaired) electrons. The van der Waals surface area contributed by atoms with E-state index in [1.54, 1.807) is 0 Å². The van der Waals surface area contributed by atoms with Crippen molar-refractivity contribution >= 4 is 35.3 Å². The average Bonchev–Trinajstić information content (AvgIpc) is 2.23. The van der Waals surface area contributed by atoms with Crippen LogP contribution in [-0.2, 0) is 11.3 Å². The van der Waals surface area contributed by atoms with Crippen molar-refractivity contribution in [3.05, 3.63) is 35.4 Å². The summed E-state index contributed by atoms with van der Waals surface area (Å²) >= 11 is 7.80. The molecule has 0 fully saturated rings. The van der Waals surface area contributed by atoms with Crippen LogP contribution >= 0.6 is 24.8 Å². The van der Waals surface area contributed by atoms with Gasteiger partial charge in [-0.05, 0) is 29.9 Å². The molecule has 0 heterocycles. The van der Waals surface area contributed by atoms with Crippen molar-refractivity contribution in [3.63, 3.8) is 0 Å². The first-order valence-corrected chi connectivity index (χ1v) is 5.46. The number of nitrogens with one attached hydrogen (secondary N) is 1. The van der Waals surface area contributed by atoms with E-state index in [0.29, 0.717) is 5.56 Å². The maximum Gasteiger partial charge on any atom is 0.273 e. The SMILES string of the molecule is COC(=S)NCc1cc(F)cc(F)c1.NC(=O)S. The van der Waals surface area contributed by atoms with E-state index < -0.39 is 16.9 Å². The van der Waals surface area contributed by atoms with Gasteiger partial charge >= 0.3 is 0 Å². The topological polar surface area (TPSA) is 64.3 Å². The van der Waals surface area contributed by atoms with Gasteiger partial charge in [-0.2, -0.15) is 0 Å². The van der Waals surface area contributed by atoms with Crippen LogP contribution in [0.3, 0.4) is 0 Å². The van der Waals surface area contributed by atoms with Crippen LogP contribution in [0.4, 0.5) is 13.6 Å². The van der Waals surface area contributed by atoms with Gasteiger partial charge in [-0.15, -0.1) is 0 Å². The normalized spacial score (nSPS) is 8.89. The second kappa shape index (κ2) is 8.65. The third-order valence-electron chi connectivity index (χ3n) is 1.54. The van der Waals surface area contributed by atoms with Crippen molar-refractivity contribution in [1.82, 2.24) is 5.32 Å². The van der Waals surface area contributed by atoms with Gasteiger partial charge in [0.15, 0.2) is 0 Å². The van der Waals surface area contributed by atoms with Crippen LogP contribution in [0.1, 0.15) is 5.56 Å². The van der Waals surface area contributed by atoms with Crippen LogP contribution in [0.5, 0.6) is 0 Å². The summed E-state index contributed by atoms with van der Waals surface area (Å²) in [5.74, 6) is -1.21. The zero-order chi connectivity index (χ0) is 14.1. The lowest BCUT2D eigenvalue weighted by Gasteiger charge is -2.06. The Kier molecular flexibility index (Phi) is 7.97. The molecule has 0 aliphatic rings. The standard InChI is InChI=1S/C9H9F2NOS.CH3NOS/c1-13-9(14)12-5-6-2-7(10)4-8(11)3-6;2-1(3)4/h2-4H,5H2,1H3,(H,12,14);(H3,2,3,4). The van der Waals surface area contributed by atoms with Gasteiger partial charge in [0.1, 0.15) is 11.6 Å². The Morgan fingerprint density at radius 2 is 1.89 bits per heavy atom. The Morgan fingerprint density at radius 3 is 2.28 bits per heavy atom. The molecule has 1 amide bonds. The van der Waals surface area contributed by atoms with E-state index in [4.69, 9.17) is 17.0 Å². The quantitative estimate of drug-likeness (QED) is 0.576. The number of carbonyl (C=O) groups is 1. The number of hydrogen-bond donors (Lipinski definition) is 3. The number of ether oxygens (including phenoxy) is 1. The highest BCUT2D eigenvalue weighted by Crippen LogP contribution is 2.07. The lowest BCUT2D eigenvalue weighted by Crippen LogP contribution is -2.22. The highest BCUT2D eigenvalue weighted by atomic mass is 32.1. The molecule has 0 aromatic heterocycles. The molecule has 1 rings (SSSR count). The molecule has 8 heteroatoms. The number of nitrogens with two attached hydrogens (primary N) is 1. The summed E-state index contributed by atoms with van der Waals surface area (Å²) < 4.78 is 30.1. The first-order valence-electron chi connectivity index (χ1n) is 4.60. The van der Waals surface area contributed by atoms with Crippen molar-refractivity contribution in [2.24, 2.45) is 5.73 Å². The summed E-state index contributed by atoms with van der Waals surface area (Å²) in [7, 11) is 1.42. The number of amides is 1. The third-order valence-corrected chi connectivity index (χ3v) is 1.86. The molecular weight excluding hydrogens is 282 g/mol. The van der Waals surface area contributed by atoms with Crippen LogP contribution in [0.15, 0.2) is 18.2 Å². The maximum absolute atomic E-state index is 12.7. The highest BCUT2D eigenvalue weighted by molar-refractivity contribution is 7.96. The summed E-state index contributed by atoms with van der Waals surface area (Å²) in [6, 6.07) is 3.28. The fraction of sp³-hybridized carbons (Fsp3) is 0.200. The fourth-order valence-corrected chi connectivity index (χ4v) is 1.03. The van der Waals surface area contributed by atoms with E-state index in [1.165, 1.54) is 19.2 Å². The van der Waals surface area contributed by atoms with Crippen molar-refractivity contribution in [2.45, 2.75) is 6.54 Å². The second-order valence-electron chi connectivity index (χ2n) is 2.96. The lowest BCUT2D eigenvalue weighted by molar-refractivity contribution is 0.267. The Balaban J connectivity index is 0.000000631. The van der Waals surface area contributed by atoms with Gasteiger partial charge in [0.05, 0.1) is 7.11 Å². The molecule has 18 heavy (non-hydrogen) atoms. The Bertz CT molecular complexity index is 406. The first kappa shape index (κ1) is 16.6. The lowest BCUT2D eigenvalue weighted by atomic mass is 10.2. The number of hydrogen-bond acceptors (Lipinski definition) is 3. The molecule has 0 atom stereocenters. The largest absolute Gasteiger partial charge is 0.474 e. The summed E-state index contributed by atoms with van der Waals surface area (Å²) in [4.78, 5) is 9.09. The third kappa shape index (κ3) is 8.71. The zero-order valence-corrected chi connectivity index (χ0v) is 11.2. The number of primary amides is 1. The van der Waals surface area contributed by atoms with Crippen LogP contribution in [0, 0.1) is 11.6 Å². The molecule has 4 nitrogen and oxygen atoms in total. The number of thiocarbonyl (C=S) groups is 1. The minimum atomic E-state index is -0.639. The second-order valence-corrected chi connectivity index (χ2v) is 3.77.